The predicted octanol–water partition coefficient (Wildman–Crippen LogP) is 2.71. The van der Waals surface area contributed by atoms with Crippen molar-refractivity contribution in [3.05, 3.63) is 23.3 Å². The lowest BCUT2D eigenvalue weighted by Gasteiger charge is -2.27. The molecule has 0 radical (unpaired) electrons. The van der Waals surface area contributed by atoms with Crippen molar-refractivity contribution < 1.29 is 18.3 Å². The van der Waals surface area contributed by atoms with Crippen LogP contribution in [0.5, 0.6) is 11.5 Å². The van der Waals surface area contributed by atoms with Gasteiger partial charge in [-0.2, -0.15) is 0 Å². The third-order valence-electron chi connectivity index (χ3n) is 3.56. The summed E-state index contributed by atoms with van der Waals surface area (Å²) in [5, 5.41) is 0. The van der Waals surface area contributed by atoms with Crippen molar-refractivity contribution in [1.82, 2.24) is 0 Å². The van der Waals surface area contributed by atoms with Gasteiger partial charge >= 0.3 is 0 Å². The van der Waals surface area contributed by atoms with Gasteiger partial charge in [-0.1, -0.05) is 12.8 Å². The minimum atomic E-state index is -0.959. The van der Waals surface area contributed by atoms with Crippen LogP contribution < -0.4 is 15.2 Å². The standard InChI is InChI=1S/C13H17F2NO2/c1-17-9-7-8(14)11(15)10(12(9)18-2)13(16)5-3-4-6-13/h7H,3-6,16H2,1-2H3. The summed E-state index contributed by atoms with van der Waals surface area (Å²) in [6.07, 6.45) is 3.04. The van der Waals surface area contributed by atoms with Crippen molar-refractivity contribution in [2.45, 2.75) is 31.2 Å². The number of hydrogen-bond donors (Lipinski definition) is 1. The van der Waals surface area contributed by atoms with Crippen LogP contribution in [0.2, 0.25) is 0 Å². The monoisotopic (exact) mass is 257 g/mol. The normalized spacial score (nSPS) is 17.8. The van der Waals surface area contributed by atoms with Crippen LogP contribution in [0.25, 0.3) is 0 Å². The minimum absolute atomic E-state index is 0.0966. The first-order valence-electron chi connectivity index (χ1n) is 5.93. The fraction of sp³-hybridized carbons (Fsp3) is 0.538. The van der Waals surface area contributed by atoms with E-state index in [1.807, 2.05) is 0 Å². The third-order valence-corrected chi connectivity index (χ3v) is 3.56. The molecule has 1 aromatic carbocycles. The highest BCUT2D eigenvalue weighted by Gasteiger charge is 2.39. The summed E-state index contributed by atoms with van der Waals surface area (Å²) in [7, 11) is 2.79. The molecule has 100 valence electrons. The maximum absolute atomic E-state index is 14.1. The second kappa shape index (κ2) is 4.72. The molecule has 0 unspecified atom stereocenters. The first-order valence-corrected chi connectivity index (χ1v) is 5.93. The van der Waals surface area contributed by atoms with Gasteiger partial charge in [0.05, 0.1) is 19.8 Å². The number of ether oxygens (including phenoxy) is 2. The highest BCUT2D eigenvalue weighted by atomic mass is 19.2. The van der Waals surface area contributed by atoms with Crippen LogP contribution in [0, 0.1) is 11.6 Å². The van der Waals surface area contributed by atoms with Crippen molar-refractivity contribution in [3.63, 3.8) is 0 Å². The Bertz CT molecular complexity index is 457. The molecule has 2 rings (SSSR count). The molecule has 0 heterocycles. The maximum atomic E-state index is 14.1. The zero-order valence-corrected chi connectivity index (χ0v) is 10.6. The second-order valence-corrected chi connectivity index (χ2v) is 4.65. The molecule has 0 atom stereocenters. The van der Waals surface area contributed by atoms with E-state index in [-0.39, 0.29) is 17.1 Å². The molecule has 18 heavy (non-hydrogen) atoms. The zero-order chi connectivity index (χ0) is 13.3. The Hall–Kier alpha value is -1.36. The van der Waals surface area contributed by atoms with E-state index >= 15 is 0 Å². The highest BCUT2D eigenvalue weighted by molar-refractivity contribution is 5.51. The van der Waals surface area contributed by atoms with Crippen molar-refractivity contribution >= 4 is 0 Å². The molecule has 5 heteroatoms. The molecule has 0 aliphatic heterocycles. The molecule has 1 aliphatic rings. The predicted molar refractivity (Wildman–Crippen MR) is 63.8 cm³/mol. The zero-order valence-electron chi connectivity index (χ0n) is 10.6. The Morgan fingerprint density at radius 3 is 2.28 bits per heavy atom. The Morgan fingerprint density at radius 2 is 1.78 bits per heavy atom. The van der Waals surface area contributed by atoms with E-state index < -0.39 is 17.2 Å². The lowest BCUT2D eigenvalue weighted by molar-refractivity contribution is 0.321. The smallest absolute Gasteiger partial charge is 0.168 e. The van der Waals surface area contributed by atoms with Crippen LogP contribution >= 0.6 is 0 Å². The van der Waals surface area contributed by atoms with Gasteiger partial charge in [-0.3, -0.25) is 0 Å². The van der Waals surface area contributed by atoms with E-state index in [1.165, 1.54) is 14.2 Å². The Morgan fingerprint density at radius 1 is 1.17 bits per heavy atom. The fourth-order valence-electron chi connectivity index (χ4n) is 2.64. The molecule has 1 saturated carbocycles. The van der Waals surface area contributed by atoms with E-state index in [4.69, 9.17) is 15.2 Å². The lowest BCUT2D eigenvalue weighted by atomic mass is 9.87. The van der Waals surface area contributed by atoms with E-state index in [0.717, 1.165) is 18.9 Å². The summed E-state index contributed by atoms with van der Waals surface area (Å²) < 4.78 is 37.9. The molecule has 0 amide bonds. The highest BCUT2D eigenvalue weighted by Crippen LogP contribution is 2.46. The average Bonchev–Trinajstić information content (AvgIpc) is 2.79. The van der Waals surface area contributed by atoms with Crippen LogP contribution in [0.15, 0.2) is 6.07 Å². The van der Waals surface area contributed by atoms with Crippen LogP contribution in [0.4, 0.5) is 8.78 Å². The summed E-state index contributed by atoms with van der Waals surface area (Å²) in [5.74, 6) is -1.53. The summed E-state index contributed by atoms with van der Waals surface area (Å²) in [5.41, 5.74) is 5.43. The van der Waals surface area contributed by atoms with E-state index in [0.29, 0.717) is 12.8 Å². The van der Waals surface area contributed by atoms with E-state index in [9.17, 15) is 8.78 Å². The summed E-state index contributed by atoms with van der Waals surface area (Å²) in [4.78, 5) is 0. The lowest BCUT2D eigenvalue weighted by Crippen LogP contribution is -2.35. The molecular weight excluding hydrogens is 240 g/mol. The Balaban J connectivity index is 2.66. The van der Waals surface area contributed by atoms with Crippen molar-refractivity contribution in [1.29, 1.82) is 0 Å². The maximum Gasteiger partial charge on any atom is 0.168 e. The average molecular weight is 257 g/mol. The molecule has 1 fully saturated rings. The SMILES string of the molecule is COc1cc(F)c(F)c(C2(N)CCCC2)c1OC. The first kappa shape index (κ1) is 13.1. The topological polar surface area (TPSA) is 44.5 Å². The summed E-state index contributed by atoms with van der Waals surface area (Å²) in [6.45, 7) is 0. The molecule has 0 bridgehead atoms. The fourth-order valence-corrected chi connectivity index (χ4v) is 2.64. The Labute approximate surface area is 105 Å². The number of halogens is 2. The van der Waals surface area contributed by atoms with Crippen LogP contribution in [0.3, 0.4) is 0 Å². The second-order valence-electron chi connectivity index (χ2n) is 4.65. The Kier molecular flexibility index (Phi) is 3.43. The molecule has 3 nitrogen and oxygen atoms in total. The van der Waals surface area contributed by atoms with Gasteiger partial charge in [0, 0.05) is 11.6 Å². The quantitative estimate of drug-likeness (QED) is 0.905. The van der Waals surface area contributed by atoms with Gasteiger partial charge in [0.15, 0.2) is 23.1 Å². The molecule has 1 aliphatic carbocycles. The largest absolute Gasteiger partial charge is 0.493 e. The number of nitrogens with two attached hydrogens (primary N) is 1. The van der Waals surface area contributed by atoms with Gasteiger partial charge in [-0.25, -0.2) is 8.78 Å². The van der Waals surface area contributed by atoms with Gasteiger partial charge in [0.2, 0.25) is 0 Å². The number of benzene rings is 1. The molecule has 1 aromatic rings. The van der Waals surface area contributed by atoms with Crippen molar-refractivity contribution in [3.8, 4) is 11.5 Å². The molecular formula is C13H17F2NO2. The summed E-state index contributed by atoms with van der Waals surface area (Å²) >= 11 is 0. The molecule has 0 aromatic heterocycles. The third kappa shape index (κ3) is 1.92. The number of methoxy groups -OCH3 is 2. The first-order chi connectivity index (χ1) is 8.53. The van der Waals surface area contributed by atoms with E-state index in [1.54, 1.807) is 0 Å². The van der Waals surface area contributed by atoms with Crippen LogP contribution in [-0.4, -0.2) is 14.2 Å². The van der Waals surface area contributed by atoms with Gasteiger partial charge in [-0.15, -0.1) is 0 Å². The molecule has 0 saturated heterocycles. The van der Waals surface area contributed by atoms with Crippen LogP contribution in [0.1, 0.15) is 31.2 Å². The van der Waals surface area contributed by atoms with E-state index in [2.05, 4.69) is 0 Å². The minimum Gasteiger partial charge on any atom is -0.493 e. The molecule has 0 spiro atoms. The number of hydrogen-bond acceptors (Lipinski definition) is 3. The van der Waals surface area contributed by atoms with Crippen LogP contribution in [-0.2, 0) is 5.54 Å². The van der Waals surface area contributed by atoms with Gasteiger partial charge in [0.1, 0.15) is 0 Å². The van der Waals surface area contributed by atoms with Crippen molar-refractivity contribution in [2.24, 2.45) is 5.73 Å². The van der Waals surface area contributed by atoms with Gasteiger partial charge < -0.3 is 15.2 Å². The van der Waals surface area contributed by atoms with Gasteiger partial charge in [0.25, 0.3) is 0 Å². The molecule has 2 N–H and O–H groups in total. The van der Waals surface area contributed by atoms with Gasteiger partial charge in [-0.05, 0) is 12.8 Å². The number of rotatable bonds is 3. The van der Waals surface area contributed by atoms with Crippen molar-refractivity contribution in [2.75, 3.05) is 14.2 Å². The summed E-state index contributed by atoms with van der Waals surface area (Å²) in [6, 6.07) is 0.982.